The Morgan fingerprint density at radius 2 is 2.00 bits per heavy atom. The van der Waals surface area contributed by atoms with Crippen LogP contribution in [0.4, 0.5) is 5.82 Å². The fourth-order valence-electron chi connectivity index (χ4n) is 1.46. The third kappa shape index (κ3) is 4.01. The van der Waals surface area contributed by atoms with Crippen LogP contribution in [0.3, 0.4) is 0 Å². The van der Waals surface area contributed by atoms with Crippen molar-refractivity contribution in [1.82, 2.24) is 9.97 Å². The summed E-state index contributed by atoms with van der Waals surface area (Å²) in [7, 11) is 0. The average Bonchev–Trinajstić information content (AvgIpc) is 2.18. The highest BCUT2D eigenvalue weighted by molar-refractivity contribution is 5.68. The topological polar surface area (TPSA) is 75.1 Å². The first kappa shape index (κ1) is 13.4. The van der Waals surface area contributed by atoms with Gasteiger partial charge in [0, 0.05) is 18.4 Å². The van der Waals surface area contributed by atoms with Crippen LogP contribution < -0.4 is 5.32 Å². The van der Waals surface area contributed by atoms with Crippen molar-refractivity contribution < 1.29 is 9.90 Å². The van der Waals surface area contributed by atoms with E-state index in [2.05, 4.69) is 15.3 Å². The number of aryl methyl sites for hydroxylation is 1. The first-order valence-corrected chi connectivity index (χ1v) is 5.56. The molecule has 17 heavy (non-hydrogen) atoms. The largest absolute Gasteiger partial charge is 0.481 e. The zero-order chi connectivity index (χ0) is 13.1. The Balaban J connectivity index is 2.87. The van der Waals surface area contributed by atoms with Crippen LogP contribution in [0.1, 0.15) is 32.9 Å². The number of nitrogens with one attached hydrogen (secondary N) is 1. The molecule has 0 fully saturated rings. The number of nitrogens with zero attached hydrogens (tertiary/aromatic N) is 2. The minimum absolute atomic E-state index is 0.0551. The highest BCUT2D eigenvalue weighted by Gasteiger charge is 2.27. The molecule has 0 saturated carbocycles. The molecule has 2 N–H and O–H groups in total. The zero-order valence-corrected chi connectivity index (χ0v) is 10.7. The normalized spacial score (nSPS) is 13.2. The van der Waals surface area contributed by atoms with Crippen LogP contribution in [-0.4, -0.2) is 27.1 Å². The number of aliphatic carboxylic acids is 1. The smallest absolute Gasteiger partial charge is 0.305 e. The Hall–Kier alpha value is -1.65. The Bertz CT molecular complexity index is 399. The fourth-order valence-corrected chi connectivity index (χ4v) is 1.46. The first-order valence-electron chi connectivity index (χ1n) is 5.56. The Kier molecular flexibility index (Phi) is 4.04. The van der Waals surface area contributed by atoms with E-state index in [0.29, 0.717) is 5.82 Å². The van der Waals surface area contributed by atoms with Gasteiger partial charge in [0.25, 0.3) is 0 Å². The average molecular weight is 237 g/mol. The molecule has 0 amide bonds. The predicted octanol–water partition coefficient (Wildman–Crippen LogP) is 2.09. The number of rotatable bonds is 4. The molecule has 94 valence electrons. The first-order chi connectivity index (χ1) is 7.80. The predicted molar refractivity (Wildman–Crippen MR) is 65.9 cm³/mol. The second-order valence-corrected chi connectivity index (χ2v) is 5.15. The van der Waals surface area contributed by atoms with E-state index >= 15 is 0 Å². The second kappa shape index (κ2) is 5.12. The van der Waals surface area contributed by atoms with Gasteiger partial charge in [0.1, 0.15) is 5.82 Å². The van der Waals surface area contributed by atoms with Crippen molar-refractivity contribution in [3.05, 3.63) is 18.1 Å². The lowest BCUT2D eigenvalue weighted by molar-refractivity contribution is -0.137. The van der Waals surface area contributed by atoms with Crippen LogP contribution >= 0.6 is 0 Å². The number of anilines is 1. The summed E-state index contributed by atoms with van der Waals surface area (Å²) >= 11 is 0. The van der Waals surface area contributed by atoms with E-state index < -0.39 is 5.97 Å². The third-order valence-corrected chi connectivity index (χ3v) is 2.62. The molecule has 0 radical (unpaired) electrons. The lowest BCUT2D eigenvalue weighted by Gasteiger charge is -2.31. The lowest BCUT2D eigenvalue weighted by atomic mass is 9.84. The van der Waals surface area contributed by atoms with E-state index in [4.69, 9.17) is 5.11 Å². The van der Waals surface area contributed by atoms with Crippen LogP contribution in [0, 0.1) is 12.3 Å². The molecule has 1 aromatic rings. The number of carboxylic acids is 1. The monoisotopic (exact) mass is 237 g/mol. The van der Waals surface area contributed by atoms with Crippen LogP contribution in [0.15, 0.2) is 12.4 Å². The Morgan fingerprint density at radius 1 is 1.41 bits per heavy atom. The number of hydrogen-bond acceptors (Lipinski definition) is 4. The van der Waals surface area contributed by atoms with E-state index in [1.54, 1.807) is 12.4 Å². The van der Waals surface area contributed by atoms with Crippen LogP contribution in [0.25, 0.3) is 0 Å². The zero-order valence-electron chi connectivity index (χ0n) is 10.7. The van der Waals surface area contributed by atoms with Crippen molar-refractivity contribution in [3.8, 4) is 0 Å². The van der Waals surface area contributed by atoms with Gasteiger partial charge in [0.05, 0.1) is 12.1 Å². The summed E-state index contributed by atoms with van der Waals surface area (Å²) in [5.74, 6) is -0.173. The highest BCUT2D eigenvalue weighted by Crippen LogP contribution is 2.25. The van der Waals surface area contributed by atoms with Crippen LogP contribution in [0.2, 0.25) is 0 Å². The van der Waals surface area contributed by atoms with Crippen molar-refractivity contribution in [2.75, 3.05) is 5.32 Å². The number of aromatic nitrogens is 2. The van der Waals surface area contributed by atoms with Gasteiger partial charge in [-0.25, -0.2) is 4.98 Å². The van der Waals surface area contributed by atoms with Gasteiger partial charge in [-0.3, -0.25) is 9.78 Å². The van der Waals surface area contributed by atoms with Crippen molar-refractivity contribution in [2.45, 2.75) is 40.2 Å². The van der Waals surface area contributed by atoms with Crippen LogP contribution in [0.5, 0.6) is 0 Å². The standard InChI is InChI=1S/C12H19N3O2/c1-8-11(14-6-5-13-8)15-9(7-10(16)17)12(2,3)4/h5-6,9H,7H2,1-4H3,(H,14,15)(H,16,17). The van der Waals surface area contributed by atoms with Crippen molar-refractivity contribution in [3.63, 3.8) is 0 Å². The number of hydrogen-bond donors (Lipinski definition) is 2. The third-order valence-electron chi connectivity index (χ3n) is 2.62. The molecule has 1 rings (SSSR count). The van der Waals surface area contributed by atoms with E-state index in [9.17, 15) is 4.79 Å². The number of carboxylic acid groups (broad SMARTS) is 1. The molecule has 0 aromatic carbocycles. The van der Waals surface area contributed by atoms with Gasteiger partial charge in [-0.1, -0.05) is 20.8 Å². The molecular weight excluding hydrogens is 218 g/mol. The van der Waals surface area contributed by atoms with E-state index in [1.807, 2.05) is 27.7 Å². The summed E-state index contributed by atoms with van der Waals surface area (Å²) in [6, 6.07) is -0.185. The molecular formula is C12H19N3O2. The Morgan fingerprint density at radius 3 is 2.47 bits per heavy atom. The molecule has 0 spiro atoms. The molecule has 0 aliphatic heterocycles. The van der Waals surface area contributed by atoms with Gasteiger partial charge < -0.3 is 10.4 Å². The lowest BCUT2D eigenvalue weighted by Crippen LogP contribution is -2.36. The molecule has 0 aliphatic rings. The molecule has 1 aromatic heterocycles. The SMILES string of the molecule is Cc1nccnc1NC(CC(=O)O)C(C)(C)C. The van der Waals surface area contributed by atoms with E-state index in [0.717, 1.165) is 5.69 Å². The van der Waals surface area contributed by atoms with Gasteiger partial charge in [-0.05, 0) is 12.3 Å². The number of carbonyl (C=O) groups is 1. The van der Waals surface area contributed by atoms with Gasteiger partial charge in [0.15, 0.2) is 0 Å². The van der Waals surface area contributed by atoms with E-state index in [-0.39, 0.29) is 17.9 Å². The van der Waals surface area contributed by atoms with Crippen molar-refractivity contribution >= 4 is 11.8 Å². The van der Waals surface area contributed by atoms with Gasteiger partial charge in [-0.2, -0.15) is 0 Å². The highest BCUT2D eigenvalue weighted by atomic mass is 16.4. The van der Waals surface area contributed by atoms with E-state index in [1.165, 1.54) is 0 Å². The molecule has 0 saturated heterocycles. The van der Waals surface area contributed by atoms with Crippen LogP contribution in [-0.2, 0) is 4.79 Å². The van der Waals surface area contributed by atoms with Gasteiger partial charge in [-0.15, -0.1) is 0 Å². The molecule has 1 unspecified atom stereocenters. The molecule has 0 bridgehead atoms. The van der Waals surface area contributed by atoms with Gasteiger partial charge in [0.2, 0.25) is 0 Å². The summed E-state index contributed by atoms with van der Waals surface area (Å²) in [5.41, 5.74) is 0.606. The summed E-state index contributed by atoms with van der Waals surface area (Å²) in [6.07, 6.45) is 3.26. The van der Waals surface area contributed by atoms with Gasteiger partial charge >= 0.3 is 5.97 Å². The van der Waals surface area contributed by atoms with Crippen molar-refractivity contribution in [2.24, 2.45) is 5.41 Å². The molecule has 1 atom stereocenters. The van der Waals surface area contributed by atoms with Crippen molar-refractivity contribution in [1.29, 1.82) is 0 Å². The second-order valence-electron chi connectivity index (χ2n) is 5.15. The Labute approximate surface area is 101 Å². The quantitative estimate of drug-likeness (QED) is 0.838. The summed E-state index contributed by atoms with van der Waals surface area (Å²) in [5, 5.41) is 12.1. The maximum absolute atomic E-state index is 10.9. The molecule has 5 heteroatoms. The maximum atomic E-state index is 10.9. The molecule has 0 aliphatic carbocycles. The summed E-state index contributed by atoms with van der Waals surface area (Å²) in [6.45, 7) is 7.84. The summed E-state index contributed by atoms with van der Waals surface area (Å²) < 4.78 is 0. The minimum Gasteiger partial charge on any atom is -0.481 e. The summed E-state index contributed by atoms with van der Waals surface area (Å²) in [4.78, 5) is 19.1. The molecule has 5 nitrogen and oxygen atoms in total. The minimum atomic E-state index is -0.820. The maximum Gasteiger partial charge on any atom is 0.305 e. The fraction of sp³-hybridized carbons (Fsp3) is 0.583. The molecule has 1 heterocycles.